The third kappa shape index (κ3) is 4.05. The lowest BCUT2D eigenvalue weighted by Crippen LogP contribution is -2.34. The van der Waals surface area contributed by atoms with Crippen LogP contribution < -0.4 is 11.1 Å². The second kappa shape index (κ2) is 8.08. The lowest BCUT2D eigenvalue weighted by molar-refractivity contribution is -0.122. The van der Waals surface area contributed by atoms with Gasteiger partial charge in [-0.25, -0.2) is 19.0 Å². The van der Waals surface area contributed by atoms with Gasteiger partial charge in [0.2, 0.25) is 11.9 Å². The molecule has 2 aromatic heterocycles. The van der Waals surface area contributed by atoms with Crippen LogP contribution in [0.1, 0.15) is 51.4 Å². The van der Waals surface area contributed by atoms with Crippen LogP contribution in [0.15, 0.2) is 24.5 Å². The van der Waals surface area contributed by atoms with E-state index in [4.69, 9.17) is 5.73 Å². The number of nitrogens with two attached hydrogens (primary N) is 1. The van der Waals surface area contributed by atoms with Gasteiger partial charge in [0, 0.05) is 23.9 Å². The number of allylic oxidation sites excluding steroid dienone is 2. The van der Waals surface area contributed by atoms with Crippen molar-refractivity contribution in [2.24, 2.45) is 11.7 Å². The Morgan fingerprint density at radius 2 is 2.18 bits per heavy atom. The minimum atomic E-state index is -0.507. The number of carbonyl (C=O) groups is 1. The summed E-state index contributed by atoms with van der Waals surface area (Å²) in [6, 6.07) is 1.82. The van der Waals surface area contributed by atoms with Gasteiger partial charge in [0.05, 0.1) is 6.20 Å². The Morgan fingerprint density at radius 1 is 1.29 bits per heavy atom. The molecule has 0 aromatic carbocycles. The highest BCUT2D eigenvalue weighted by Gasteiger charge is 2.26. The summed E-state index contributed by atoms with van der Waals surface area (Å²) in [5.74, 6) is -0.564. The topological polar surface area (TPSA) is 98.7 Å². The molecule has 3 N–H and O–H groups in total. The van der Waals surface area contributed by atoms with Crippen molar-refractivity contribution in [3.05, 3.63) is 30.4 Å². The molecule has 0 spiro atoms. The number of hydrogen-bond acceptors (Lipinski definition) is 5. The van der Waals surface area contributed by atoms with Crippen LogP contribution in [0.3, 0.4) is 0 Å². The number of primary amides is 1. The fourth-order valence-corrected chi connectivity index (χ4v) is 4.02. The summed E-state index contributed by atoms with van der Waals surface area (Å²) >= 11 is 0. The lowest BCUT2D eigenvalue weighted by Gasteiger charge is -2.27. The summed E-state index contributed by atoms with van der Waals surface area (Å²) < 4.78 is 16.2. The summed E-state index contributed by atoms with van der Waals surface area (Å²) in [7, 11) is 0. The fraction of sp³-hybridized carbons (Fsp3) is 0.500. The van der Waals surface area contributed by atoms with Crippen molar-refractivity contribution in [3.8, 4) is 11.4 Å². The summed E-state index contributed by atoms with van der Waals surface area (Å²) in [6.07, 6.45) is 12.8. The van der Waals surface area contributed by atoms with E-state index in [2.05, 4.69) is 26.5 Å². The molecule has 0 unspecified atom stereocenters. The molecule has 2 aromatic rings. The largest absolute Gasteiger partial charge is 0.369 e. The monoisotopic (exact) mass is 384 g/mol. The van der Waals surface area contributed by atoms with Gasteiger partial charge in [0.15, 0.2) is 5.82 Å². The fourth-order valence-electron chi connectivity index (χ4n) is 4.02. The predicted octanol–water partition coefficient (Wildman–Crippen LogP) is 3.35. The molecule has 8 heteroatoms. The van der Waals surface area contributed by atoms with E-state index < -0.39 is 5.82 Å². The summed E-state index contributed by atoms with van der Waals surface area (Å²) in [6.45, 7) is 0. The molecule has 4 rings (SSSR count). The third-order valence-electron chi connectivity index (χ3n) is 5.55. The van der Waals surface area contributed by atoms with Gasteiger partial charge in [0.1, 0.15) is 11.4 Å². The number of amides is 1. The third-order valence-corrected chi connectivity index (χ3v) is 5.55. The minimum absolute atomic E-state index is 0.0505. The van der Waals surface area contributed by atoms with Crippen LogP contribution in [0.5, 0.6) is 0 Å². The molecular formula is C20H25FN6O. The van der Waals surface area contributed by atoms with Crippen molar-refractivity contribution in [2.75, 3.05) is 5.32 Å². The Bertz CT molecular complexity index is 893. The van der Waals surface area contributed by atoms with E-state index >= 15 is 0 Å². The van der Waals surface area contributed by atoms with Crippen LogP contribution >= 0.6 is 0 Å². The van der Waals surface area contributed by atoms with Crippen molar-refractivity contribution < 1.29 is 9.18 Å². The molecular weight excluding hydrogens is 359 g/mol. The predicted molar refractivity (Wildman–Crippen MR) is 105 cm³/mol. The van der Waals surface area contributed by atoms with E-state index in [0.29, 0.717) is 18.1 Å². The first kappa shape index (κ1) is 18.6. The number of carbonyl (C=O) groups excluding carboxylic acids is 1. The van der Waals surface area contributed by atoms with E-state index in [1.807, 2.05) is 10.9 Å². The maximum absolute atomic E-state index is 14.4. The standard InChI is InChI=1S/C20H25FN6O/c21-16-12-23-20(24-14-6-4-5-13(11-14)19(22)28)25-18(16)17-9-10-27(26-17)15-7-2-1-3-8-15/h7,9-10,12-14H,1-6,8,11H2,(H2,22,28)(H,23,24,25)/t13-,14+/m0/s1. The lowest BCUT2D eigenvalue weighted by atomic mass is 9.85. The molecule has 0 bridgehead atoms. The number of aromatic nitrogens is 4. The zero-order chi connectivity index (χ0) is 19.5. The van der Waals surface area contributed by atoms with Gasteiger partial charge < -0.3 is 11.1 Å². The second-order valence-corrected chi connectivity index (χ2v) is 7.58. The van der Waals surface area contributed by atoms with Crippen LogP contribution in [0.4, 0.5) is 10.3 Å². The zero-order valence-electron chi connectivity index (χ0n) is 15.8. The average Bonchev–Trinajstić information content (AvgIpc) is 3.20. The van der Waals surface area contributed by atoms with Gasteiger partial charge in [-0.3, -0.25) is 4.79 Å². The Kier molecular flexibility index (Phi) is 5.36. The summed E-state index contributed by atoms with van der Waals surface area (Å²) in [5, 5.41) is 7.75. The Balaban J connectivity index is 1.52. The number of nitrogens with zero attached hydrogens (tertiary/aromatic N) is 4. The van der Waals surface area contributed by atoms with Gasteiger partial charge in [0.25, 0.3) is 0 Å². The molecule has 7 nitrogen and oxygen atoms in total. The van der Waals surface area contributed by atoms with Crippen LogP contribution in [0.25, 0.3) is 17.1 Å². The van der Waals surface area contributed by atoms with E-state index in [1.165, 1.54) is 6.42 Å². The highest BCUT2D eigenvalue weighted by atomic mass is 19.1. The van der Waals surface area contributed by atoms with Gasteiger partial charge in [-0.15, -0.1) is 0 Å². The highest BCUT2D eigenvalue weighted by molar-refractivity contribution is 5.76. The molecule has 1 amide bonds. The van der Waals surface area contributed by atoms with Crippen molar-refractivity contribution in [1.29, 1.82) is 0 Å². The van der Waals surface area contributed by atoms with Gasteiger partial charge in [-0.1, -0.05) is 12.5 Å². The Hall–Kier alpha value is -2.77. The van der Waals surface area contributed by atoms with Crippen molar-refractivity contribution in [3.63, 3.8) is 0 Å². The number of anilines is 1. The van der Waals surface area contributed by atoms with E-state index in [1.54, 1.807) is 6.07 Å². The summed E-state index contributed by atoms with van der Waals surface area (Å²) in [5.41, 5.74) is 7.24. The first-order chi connectivity index (χ1) is 13.6. The van der Waals surface area contributed by atoms with Crippen molar-refractivity contribution >= 4 is 17.6 Å². The maximum Gasteiger partial charge on any atom is 0.223 e. The molecule has 2 atom stereocenters. The average molecular weight is 384 g/mol. The zero-order valence-corrected chi connectivity index (χ0v) is 15.8. The molecule has 2 aliphatic carbocycles. The van der Waals surface area contributed by atoms with Crippen LogP contribution in [0, 0.1) is 11.7 Å². The summed E-state index contributed by atoms with van der Waals surface area (Å²) in [4.78, 5) is 19.9. The molecule has 2 aliphatic rings. The normalized spacial score (nSPS) is 22.5. The smallest absolute Gasteiger partial charge is 0.223 e. The van der Waals surface area contributed by atoms with Crippen molar-refractivity contribution in [1.82, 2.24) is 19.7 Å². The molecule has 0 aliphatic heterocycles. The first-order valence-corrected chi connectivity index (χ1v) is 9.94. The van der Waals surface area contributed by atoms with Crippen LogP contribution in [-0.4, -0.2) is 31.7 Å². The molecule has 1 saturated carbocycles. The van der Waals surface area contributed by atoms with Gasteiger partial charge in [-0.05, 0) is 51.0 Å². The molecule has 2 heterocycles. The minimum Gasteiger partial charge on any atom is -0.369 e. The molecule has 0 radical (unpaired) electrons. The van der Waals surface area contributed by atoms with Crippen LogP contribution in [0.2, 0.25) is 0 Å². The number of hydrogen-bond donors (Lipinski definition) is 2. The molecule has 0 saturated heterocycles. The Morgan fingerprint density at radius 3 is 2.96 bits per heavy atom. The molecule has 1 fully saturated rings. The van der Waals surface area contributed by atoms with E-state index in [9.17, 15) is 9.18 Å². The van der Waals surface area contributed by atoms with Crippen molar-refractivity contribution in [2.45, 2.75) is 57.4 Å². The number of nitrogens with one attached hydrogen (secondary N) is 1. The van der Waals surface area contributed by atoms with E-state index in [0.717, 1.165) is 50.4 Å². The second-order valence-electron chi connectivity index (χ2n) is 7.58. The molecule has 28 heavy (non-hydrogen) atoms. The van der Waals surface area contributed by atoms with Gasteiger partial charge in [-0.2, -0.15) is 5.10 Å². The highest BCUT2D eigenvalue weighted by Crippen LogP contribution is 2.27. The van der Waals surface area contributed by atoms with Crippen LogP contribution in [-0.2, 0) is 4.79 Å². The quantitative estimate of drug-likeness (QED) is 0.824. The maximum atomic E-state index is 14.4. The van der Waals surface area contributed by atoms with Gasteiger partial charge >= 0.3 is 0 Å². The van der Waals surface area contributed by atoms with E-state index in [-0.39, 0.29) is 23.6 Å². The number of rotatable bonds is 5. The SMILES string of the molecule is NC(=O)[C@H]1CCC[C@@H](Nc2ncc(F)c(-c3ccn(C4=CCCCC4)n3)n2)C1. The number of halogens is 1. The first-order valence-electron chi connectivity index (χ1n) is 9.94. The molecule has 148 valence electrons. The Labute approximate surface area is 163 Å².